The second-order valence-electron chi connectivity index (χ2n) is 18.0. The number of hydrogen-bond acceptors (Lipinski definition) is 13. The van der Waals surface area contributed by atoms with Gasteiger partial charge in [0.2, 0.25) is 11.7 Å². The van der Waals surface area contributed by atoms with E-state index in [1.807, 2.05) is 41.3 Å². The van der Waals surface area contributed by atoms with Gasteiger partial charge in [-0.25, -0.2) is 17.5 Å². The SMILES string of the molecule is CC1(C)CCC(CN2CCN(c3ccc(C(=O)NS(=O)(=O)c4ccc(NC[C@@]5(F)COCCO5)c([N+](=O)[O-])c4)c(N4CCCOc5nc6[nH]ccc6cc54)c3)CC2)=C(c2ccc(Cl)cc2)C1. The van der Waals surface area contributed by atoms with Crippen LogP contribution in [-0.4, -0.2) is 112 Å². The van der Waals surface area contributed by atoms with E-state index in [0.717, 1.165) is 86.3 Å². The molecule has 0 spiro atoms. The molecule has 3 aromatic carbocycles. The van der Waals surface area contributed by atoms with Crippen molar-refractivity contribution in [2.45, 2.75) is 50.3 Å². The van der Waals surface area contributed by atoms with Gasteiger partial charge in [0, 0.05) is 67.6 Å². The summed E-state index contributed by atoms with van der Waals surface area (Å²) in [4.78, 5) is 39.7. The first-order valence-corrected chi connectivity index (χ1v) is 24.0. The highest BCUT2D eigenvalue weighted by molar-refractivity contribution is 7.90. The number of alkyl halides is 1. The number of hydrogen-bond donors (Lipinski definition) is 3. The van der Waals surface area contributed by atoms with E-state index in [1.165, 1.54) is 16.7 Å². The molecule has 2 fully saturated rings. The van der Waals surface area contributed by atoms with Crippen LogP contribution in [0.15, 0.2) is 89.5 Å². The Morgan fingerprint density at radius 3 is 2.55 bits per heavy atom. The Morgan fingerprint density at radius 2 is 1.79 bits per heavy atom. The Morgan fingerprint density at radius 1 is 0.985 bits per heavy atom. The van der Waals surface area contributed by atoms with E-state index in [0.29, 0.717) is 42.5 Å². The van der Waals surface area contributed by atoms with Crippen LogP contribution in [-0.2, 0) is 19.5 Å². The van der Waals surface area contributed by atoms with Crippen LogP contribution in [0, 0.1) is 15.5 Å². The van der Waals surface area contributed by atoms with Crippen LogP contribution in [0.2, 0.25) is 5.02 Å². The minimum absolute atomic E-state index is 0.00951. The van der Waals surface area contributed by atoms with Gasteiger partial charge in [0.15, 0.2) is 0 Å². The molecular weight excluding hydrogens is 891 g/mol. The Bertz CT molecular complexity index is 2790. The van der Waals surface area contributed by atoms with Gasteiger partial charge in [0.25, 0.3) is 21.6 Å². The number of H-pyrrole nitrogens is 1. The summed E-state index contributed by atoms with van der Waals surface area (Å²) in [6, 6.07) is 20.4. The van der Waals surface area contributed by atoms with E-state index in [9.17, 15) is 23.3 Å². The molecule has 3 aliphatic heterocycles. The minimum atomic E-state index is -4.68. The quantitative estimate of drug-likeness (QED) is 0.0807. The number of aromatic nitrogens is 2. The molecule has 2 aromatic heterocycles. The van der Waals surface area contributed by atoms with Gasteiger partial charge >= 0.3 is 0 Å². The fourth-order valence-corrected chi connectivity index (χ4v) is 10.3. The highest BCUT2D eigenvalue weighted by Crippen LogP contribution is 2.44. The highest BCUT2D eigenvalue weighted by Gasteiger charge is 2.36. The fraction of sp³-hybridized carbons (Fsp3) is 0.404. The number of rotatable bonds is 12. The second-order valence-corrected chi connectivity index (χ2v) is 20.1. The average Bonchev–Trinajstić information content (AvgIpc) is 3.66. The first-order valence-electron chi connectivity index (χ1n) is 22.1. The molecule has 0 radical (unpaired) electrons. The first kappa shape index (κ1) is 45.4. The number of nitro benzene ring substituents is 1. The zero-order chi connectivity index (χ0) is 46.2. The summed E-state index contributed by atoms with van der Waals surface area (Å²) in [5.41, 5.74) is 6.11. The summed E-state index contributed by atoms with van der Waals surface area (Å²) in [7, 11) is -4.68. The second kappa shape index (κ2) is 18.5. The maximum atomic E-state index is 15.1. The smallest absolute Gasteiger partial charge is 0.293 e. The Balaban J connectivity index is 0.987. The molecule has 2 saturated heterocycles. The molecule has 0 unspecified atom stereocenters. The van der Waals surface area contributed by atoms with E-state index in [4.69, 9.17) is 30.8 Å². The Kier molecular flexibility index (Phi) is 12.7. The summed E-state index contributed by atoms with van der Waals surface area (Å²) < 4.78 is 61.4. The summed E-state index contributed by atoms with van der Waals surface area (Å²) in [5.74, 6) is -2.81. The number of ether oxygens (including phenoxy) is 3. The lowest BCUT2D eigenvalue weighted by molar-refractivity contribution is -0.384. The molecule has 9 rings (SSSR count). The number of halogens is 2. The van der Waals surface area contributed by atoms with Gasteiger partial charge in [0.1, 0.15) is 23.6 Å². The van der Waals surface area contributed by atoms with Gasteiger partial charge in [-0.05, 0) is 96.8 Å². The third-order valence-corrected chi connectivity index (χ3v) is 14.3. The molecule has 19 heteroatoms. The van der Waals surface area contributed by atoms with Crippen LogP contribution >= 0.6 is 11.6 Å². The number of anilines is 4. The largest absolute Gasteiger partial charge is 0.476 e. The zero-order valence-corrected chi connectivity index (χ0v) is 38.4. The molecular formula is C47H52ClFN8O8S. The van der Waals surface area contributed by atoms with Crippen LogP contribution in [0.5, 0.6) is 5.88 Å². The van der Waals surface area contributed by atoms with Crippen molar-refractivity contribution >= 4 is 72.6 Å². The number of amides is 1. The van der Waals surface area contributed by atoms with Crippen molar-refractivity contribution < 1.29 is 36.7 Å². The summed E-state index contributed by atoms with van der Waals surface area (Å²) >= 11 is 6.26. The van der Waals surface area contributed by atoms with Crippen molar-refractivity contribution in [1.82, 2.24) is 19.6 Å². The average molecular weight is 943 g/mol. The van der Waals surface area contributed by atoms with Crippen molar-refractivity contribution in [3.8, 4) is 5.88 Å². The third kappa shape index (κ3) is 9.83. The third-order valence-electron chi connectivity index (χ3n) is 12.7. The lowest BCUT2D eigenvalue weighted by Gasteiger charge is -2.39. The fourth-order valence-electron chi connectivity index (χ4n) is 9.14. The number of benzene rings is 3. The van der Waals surface area contributed by atoms with E-state index in [2.05, 4.69) is 50.8 Å². The molecule has 1 aliphatic carbocycles. The van der Waals surface area contributed by atoms with Gasteiger partial charge < -0.3 is 34.3 Å². The molecule has 5 heterocycles. The first-order chi connectivity index (χ1) is 31.6. The van der Waals surface area contributed by atoms with Gasteiger partial charge in [-0.1, -0.05) is 43.2 Å². The number of allylic oxidation sites excluding steroid dienone is 1. The summed E-state index contributed by atoms with van der Waals surface area (Å²) in [6.45, 7) is 8.75. The minimum Gasteiger partial charge on any atom is -0.476 e. The monoisotopic (exact) mass is 942 g/mol. The van der Waals surface area contributed by atoms with E-state index < -0.39 is 43.8 Å². The number of fused-ring (bicyclic) bond motifs is 2. The highest BCUT2D eigenvalue weighted by atomic mass is 35.5. The topological polar surface area (TPSA) is 185 Å². The van der Waals surface area contributed by atoms with Crippen molar-refractivity contribution in [2.24, 2.45) is 5.41 Å². The Hall–Kier alpha value is -5.79. The molecule has 16 nitrogen and oxygen atoms in total. The Labute approximate surface area is 387 Å². The molecule has 0 bridgehead atoms. The molecule has 348 valence electrons. The van der Waals surface area contributed by atoms with Crippen LogP contribution in [0.25, 0.3) is 16.6 Å². The number of sulfonamides is 1. The predicted octanol–water partition coefficient (Wildman–Crippen LogP) is 8.07. The van der Waals surface area contributed by atoms with E-state index in [-0.39, 0.29) is 36.5 Å². The van der Waals surface area contributed by atoms with Crippen molar-refractivity contribution in [2.75, 3.05) is 87.4 Å². The number of piperazine rings is 1. The van der Waals surface area contributed by atoms with Gasteiger partial charge in [-0.3, -0.25) is 19.8 Å². The maximum Gasteiger partial charge on any atom is 0.293 e. The molecule has 1 amide bonds. The van der Waals surface area contributed by atoms with Crippen LogP contribution in [0.1, 0.15) is 55.5 Å². The van der Waals surface area contributed by atoms with Crippen LogP contribution < -0.4 is 24.6 Å². The normalized spacial score (nSPS) is 20.4. The number of carbonyl (C=O) groups excluding carboxylic acids is 1. The van der Waals surface area contributed by atoms with Crippen LogP contribution in [0.3, 0.4) is 0 Å². The molecule has 1 atom stereocenters. The zero-order valence-electron chi connectivity index (χ0n) is 36.8. The number of nitrogens with one attached hydrogen (secondary N) is 3. The molecule has 3 N–H and O–H groups in total. The number of carbonyl (C=O) groups is 1. The summed E-state index contributed by atoms with van der Waals surface area (Å²) in [6.07, 6.45) is 5.51. The predicted molar refractivity (Wildman–Crippen MR) is 251 cm³/mol. The number of nitro groups is 1. The van der Waals surface area contributed by atoms with Gasteiger partial charge in [-0.2, -0.15) is 4.98 Å². The van der Waals surface area contributed by atoms with Gasteiger partial charge in [-0.15, -0.1) is 0 Å². The van der Waals surface area contributed by atoms with Crippen molar-refractivity contribution in [1.29, 1.82) is 0 Å². The number of nitrogens with zero attached hydrogens (tertiary/aromatic N) is 5. The molecule has 4 aliphatic rings. The van der Waals surface area contributed by atoms with E-state index >= 15 is 4.39 Å². The lowest BCUT2D eigenvalue weighted by atomic mass is 9.72. The number of aromatic amines is 1. The van der Waals surface area contributed by atoms with E-state index in [1.54, 1.807) is 12.3 Å². The lowest BCUT2D eigenvalue weighted by Crippen LogP contribution is -2.47. The molecule has 5 aromatic rings. The molecule has 0 saturated carbocycles. The maximum absolute atomic E-state index is 15.1. The van der Waals surface area contributed by atoms with Crippen LogP contribution in [0.4, 0.5) is 32.8 Å². The number of pyridine rings is 1. The molecule has 66 heavy (non-hydrogen) atoms. The summed E-state index contributed by atoms with van der Waals surface area (Å²) in [5, 5.41) is 16.3. The van der Waals surface area contributed by atoms with Crippen molar-refractivity contribution in [3.63, 3.8) is 0 Å². The standard InChI is InChI=1S/C47H52ClFN8O8S/c1-46(2)14-12-33(38(27-46)31-4-6-34(48)7-5-31)28-54-17-19-55(20-18-54)35-8-10-37(40(25-35)56-16-3-21-64-45-42(56)24-32-13-15-50-43(32)52-45)44(58)53-66(61,62)36-9-11-39(41(26-36)57(59)60)51-29-47(49)30-63-22-23-65-47/h4-11,13,15,24-26,51H,3,12,14,16-23,27-30H2,1-2H3,(H,50,52)(H,53,58)/t47-/m0/s1. The van der Waals surface area contributed by atoms with Crippen molar-refractivity contribution in [3.05, 3.63) is 111 Å². The van der Waals surface area contributed by atoms with Gasteiger partial charge in [0.05, 0.1) is 47.4 Å².